The van der Waals surface area contributed by atoms with Gasteiger partial charge in [0.2, 0.25) is 0 Å². The number of nitrogens with one attached hydrogen (secondary N) is 1. The molecule has 0 atom stereocenters. The number of benzene rings is 4. The van der Waals surface area contributed by atoms with Crippen molar-refractivity contribution in [3.8, 4) is 5.75 Å². The maximum atomic E-state index is 14.0. The summed E-state index contributed by atoms with van der Waals surface area (Å²) in [6, 6.07) is 25.4. The van der Waals surface area contributed by atoms with Gasteiger partial charge in [0.1, 0.15) is 18.2 Å². The summed E-state index contributed by atoms with van der Waals surface area (Å²) in [5, 5.41) is 5.84. The van der Waals surface area contributed by atoms with Gasteiger partial charge in [0.15, 0.2) is 0 Å². The number of hydrogen-bond acceptors (Lipinski definition) is 2. The Hall–Kier alpha value is -3.33. The van der Waals surface area contributed by atoms with E-state index < -0.39 is 0 Å². The van der Waals surface area contributed by atoms with Crippen LogP contribution >= 0.6 is 0 Å². The molecule has 0 radical (unpaired) electrons. The highest BCUT2D eigenvalue weighted by Crippen LogP contribution is 2.30. The second-order valence-corrected chi connectivity index (χ2v) is 7.32. The van der Waals surface area contributed by atoms with Gasteiger partial charge in [-0.1, -0.05) is 66.2 Å². The monoisotopic (exact) mass is 385 g/mol. The summed E-state index contributed by atoms with van der Waals surface area (Å²) in [7, 11) is 0. The summed E-state index contributed by atoms with van der Waals surface area (Å²) in [5.41, 5.74) is 5.17. The van der Waals surface area contributed by atoms with Crippen LogP contribution in [0, 0.1) is 19.7 Å². The summed E-state index contributed by atoms with van der Waals surface area (Å²) in [6.07, 6.45) is 0. The lowest BCUT2D eigenvalue weighted by Gasteiger charge is -2.17. The molecule has 1 N–H and O–H groups in total. The van der Waals surface area contributed by atoms with E-state index in [0.29, 0.717) is 12.1 Å². The molecule has 4 rings (SSSR count). The van der Waals surface area contributed by atoms with Crippen molar-refractivity contribution in [2.24, 2.45) is 0 Å². The number of hydrogen-bond donors (Lipinski definition) is 1. The van der Waals surface area contributed by atoms with Crippen LogP contribution in [0.15, 0.2) is 78.9 Å². The Balaban J connectivity index is 1.64. The van der Waals surface area contributed by atoms with Gasteiger partial charge < -0.3 is 10.1 Å². The summed E-state index contributed by atoms with van der Waals surface area (Å²) in [4.78, 5) is 0. The molecular weight excluding hydrogens is 361 g/mol. The van der Waals surface area contributed by atoms with E-state index in [0.717, 1.165) is 27.8 Å². The molecule has 0 unspecified atom stereocenters. The van der Waals surface area contributed by atoms with Gasteiger partial charge in [-0.2, -0.15) is 0 Å². The Labute approximate surface area is 171 Å². The van der Waals surface area contributed by atoms with E-state index in [1.165, 1.54) is 17.2 Å². The van der Waals surface area contributed by atoms with Crippen molar-refractivity contribution in [2.75, 3.05) is 5.32 Å². The molecule has 29 heavy (non-hydrogen) atoms. The third kappa shape index (κ3) is 4.24. The van der Waals surface area contributed by atoms with Gasteiger partial charge in [0.25, 0.3) is 0 Å². The largest absolute Gasteiger partial charge is 0.488 e. The van der Waals surface area contributed by atoms with E-state index in [4.69, 9.17) is 4.74 Å². The Morgan fingerprint density at radius 3 is 2.48 bits per heavy atom. The predicted octanol–water partition coefficient (Wildman–Crippen LogP) is 6.79. The van der Waals surface area contributed by atoms with E-state index in [-0.39, 0.29) is 12.4 Å². The standard InChI is InChI=1S/C26H24FNO/c1-18-11-13-25(19(2)15-18)28-16-23-22-9-5-3-7-20(22)12-14-26(23)29-17-21-8-4-6-10-24(21)27/h3-15,28H,16-17H2,1-2H3. The van der Waals surface area contributed by atoms with Crippen LogP contribution in [0.1, 0.15) is 22.3 Å². The van der Waals surface area contributed by atoms with Gasteiger partial charge >= 0.3 is 0 Å². The molecule has 3 heteroatoms. The normalized spacial score (nSPS) is 10.9. The van der Waals surface area contributed by atoms with Crippen LogP contribution in [0.2, 0.25) is 0 Å². The molecular formula is C26H24FNO. The van der Waals surface area contributed by atoms with Crippen molar-refractivity contribution < 1.29 is 9.13 Å². The number of anilines is 1. The zero-order valence-corrected chi connectivity index (χ0v) is 16.7. The molecule has 0 heterocycles. The summed E-state index contributed by atoms with van der Waals surface area (Å²) < 4.78 is 20.1. The number of ether oxygens (including phenoxy) is 1. The van der Waals surface area contributed by atoms with Crippen LogP contribution in [-0.2, 0) is 13.2 Å². The lowest BCUT2D eigenvalue weighted by Crippen LogP contribution is -2.06. The van der Waals surface area contributed by atoms with Crippen molar-refractivity contribution in [3.05, 3.63) is 107 Å². The second kappa shape index (κ2) is 8.36. The average Bonchev–Trinajstić information content (AvgIpc) is 2.73. The first kappa shape index (κ1) is 19.0. The molecule has 0 aliphatic rings. The van der Waals surface area contributed by atoms with E-state index in [9.17, 15) is 4.39 Å². The molecule has 146 valence electrons. The molecule has 0 aliphatic carbocycles. The van der Waals surface area contributed by atoms with Gasteiger partial charge in [-0.3, -0.25) is 0 Å². The maximum Gasteiger partial charge on any atom is 0.129 e. The molecule has 0 saturated heterocycles. The molecule has 0 amide bonds. The minimum atomic E-state index is -0.247. The van der Waals surface area contributed by atoms with E-state index >= 15 is 0 Å². The van der Waals surface area contributed by atoms with E-state index in [1.54, 1.807) is 12.1 Å². The highest BCUT2D eigenvalue weighted by Gasteiger charge is 2.11. The van der Waals surface area contributed by atoms with Crippen molar-refractivity contribution in [3.63, 3.8) is 0 Å². The molecule has 0 saturated carbocycles. The van der Waals surface area contributed by atoms with Crippen LogP contribution in [0.25, 0.3) is 10.8 Å². The molecule has 0 aliphatic heterocycles. The quantitative estimate of drug-likeness (QED) is 0.395. The smallest absolute Gasteiger partial charge is 0.129 e. The summed E-state index contributed by atoms with van der Waals surface area (Å²) in [5.74, 6) is 0.521. The summed E-state index contributed by atoms with van der Waals surface area (Å²) in [6.45, 7) is 5.02. The number of fused-ring (bicyclic) bond motifs is 1. The van der Waals surface area contributed by atoms with Crippen molar-refractivity contribution in [2.45, 2.75) is 27.0 Å². The third-order valence-corrected chi connectivity index (χ3v) is 5.18. The fourth-order valence-corrected chi connectivity index (χ4v) is 3.60. The minimum absolute atomic E-state index is 0.196. The Morgan fingerprint density at radius 1 is 0.862 bits per heavy atom. The zero-order chi connectivity index (χ0) is 20.2. The van der Waals surface area contributed by atoms with E-state index in [2.05, 4.69) is 49.5 Å². The van der Waals surface area contributed by atoms with Crippen LogP contribution in [0.3, 0.4) is 0 Å². The highest BCUT2D eigenvalue weighted by molar-refractivity contribution is 5.88. The SMILES string of the molecule is Cc1ccc(NCc2c(OCc3ccccc3F)ccc3ccccc23)c(C)c1. The topological polar surface area (TPSA) is 21.3 Å². The first-order valence-corrected chi connectivity index (χ1v) is 9.80. The van der Waals surface area contributed by atoms with Gasteiger partial charge in [-0.05, 0) is 48.4 Å². The average molecular weight is 385 g/mol. The van der Waals surface area contributed by atoms with E-state index in [1.807, 2.05) is 30.3 Å². The van der Waals surface area contributed by atoms with Crippen LogP contribution in [0.5, 0.6) is 5.75 Å². The van der Waals surface area contributed by atoms with Gasteiger partial charge in [0.05, 0.1) is 0 Å². The number of halogens is 1. The first-order valence-electron chi connectivity index (χ1n) is 9.80. The molecule has 0 aromatic heterocycles. The molecule has 0 bridgehead atoms. The molecule has 2 nitrogen and oxygen atoms in total. The second-order valence-electron chi connectivity index (χ2n) is 7.32. The number of aryl methyl sites for hydroxylation is 2. The Bertz CT molecular complexity index is 1150. The number of rotatable bonds is 6. The zero-order valence-electron chi connectivity index (χ0n) is 16.7. The van der Waals surface area contributed by atoms with Crippen LogP contribution in [0.4, 0.5) is 10.1 Å². The molecule has 0 spiro atoms. The maximum absolute atomic E-state index is 14.0. The van der Waals surface area contributed by atoms with Crippen molar-refractivity contribution in [1.29, 1.82) is 0 Å². The summed E-state index contributed by atoms with van der Waals surface area (Å²) >= 11 is 0. The molecule has 4 aromatic rings. The minimum Gasteiger partial charge on any atom is -0.488 e. The Morgan fingerprint density at radius 2 is 1.66 bits per heavy atom. The fraction of sp³-hybridized carbons (Fsp3) is 0.154. The lowest BCUT2D eigenvalue weighted by atomic mass is 10.0. The van der Waals surface area contributed by atoms with Crippen molar-refractivity contribution in [1.82, 2.24) is 0 Å². The Kier molecular flexibility index (Phi) is 5.48. The van der Waals surface area contributed by atoms with Crippen LogP contribution in [-0.4, -0.2) is 0 Å². The lowest BCUT2D eigenvalue weighted by molar-refractivity contribution is 0.297. The predicted molar refractivity (Wildman–Crippen MR) is 118 cm³/mol. The molecule has 0 fully saturated rings. The van der Waals surface area contributed by atoms with Gasteiger partial charge in [0, 0.05) is 23.4 Å². The first-order chi connectivity index (χ1) is 14.1. The van der Waals surface area contributed by atoms with Gasteiger partial charge in [-0.25, -0.2) is 4.39 Å². The van der Waals surface area contributed by atoms with Crippen LogP contribution < -0.4 is 10.1 Å². The van der Waals surface area contributed by atoms with Crippen molar-refractivity contribution >= 4 is 16.5 Å². The molecule has 4 aromatic carbocycles. The van der Waals surface area contributed by atoms with Gasteiger partial charge in [-0.15, -0.1) is 0 Å². The fourth-order valence-electron chi connectivity index (χ4n) is 3.60. The highest BCUT2D eigenvalue weighted by atomic mass is 19.1. The third-order valence-electron chi connectivity index (χ3n) is 5.18.